The van der Waals surface area contributed by atoms with E-state index in [1.54, 1.807) is 5.98 Å². The van der Waals surface area contributed by atoms with Gasteiger partial charge in [-0.05, 0) is 44.4 Å². The Kier molecular flexibility index (Phi) is 6.19. The quantitative estimate of drug-likeness (QED) is 0.542. The molecule has 14 heteroatoms. The topological polar surface area (TPSA) is 115 Å². The fraction of sp³-hybridized carbons (Fsp3) is 0.350. The van der Waals surface area contributed by atoms with Crippen molar-refractivity contribution in [3.63, 3.8) is 0 Å². The minimum atomic E-state index is -4.23. The SMILES string of the molecule is Cc1nc(-n2ccc(OCCC3(C(F)(F)F)CC3)n2)ccc1C(=O)NS(=O)(=O)C1=CC=C[B]N1. The van der Waals surface area contributed by atoms with Gasteiger partial charge in [0.1, 0.15) is 5.03 Å². The number of allylic oxidation sites excluding steroid dienone is 2. The van der Waals surface area contributed by atoms with Crippen LogP contribution in [-0.4, -0.2) is 49.3 Å². The van der Waals surface area contributed by atoms with Gasteiger partial charge in [-0.3, -0.25) is 4.79 Å². The summed E-state index contributed by atoms with van der Waals surface area (Å²) in [4.78, 5) is 16.8. The standard InChI is InChI=1S/C20H20BF3N5O4S/c1-13-14(18(30)28-34(31,32)17-3-2-10-21-26-17)4-5-15(25-13)29-11-6-16(27-29)33-12-9-19(7-8-19)20(22,23)24/h2-6,10-11,26H,7-9,12H2,1H3,(H,28,30). The van der Waals surface area contributed by atoms with Crippen molar-refractivity contribution < 1.29 is 31.1 Å². The number of alkyl halides is 3. The Labute approximate surface area is 194 Å². The zero-order valence-corrected chi connectivity index (χ0v) is 18.8. The van der Waals surface area contributed by atoms with Crippen molar-refractivity contribution in [1.29, 1.82) is 0 Å². The molecule has 0 atom stereocenters. The molecule has 1 aliphatic carbocycles. The Balaban J connectivity index is 1.39. The van der Waals surface area contributed by atoms with Crippen LogP contribution in [0.2, 0.25) is 0 Å². The molecule has 2 aliphatic rings. The molecule has 1 amide bonds. The number of nitrogens with one attached hydrogen (secondary N) is 2. The molecule has 179 valence electrons. The molecular weight excluding hydrogens is 474 g/mol. The molecular formula is C20H20BF3N5O4S. The van der Waals surface area contributed by atoms with Crippen LogP contribution in [0, 0.1) is 12.3 Å². The summed E-state index contributed by atoms with van der Waals surface area (Å²) in [7, 11) is -2.68. The highest BCUT2D eigenvalue weighted by Gasteiger charge is 2.62. The first-order valence-electron chi connectivity index (χ1n) is 10.3. The average Bonchev–Trinajstić information content (AvgIpc) is 3.44. The van der Waals surface area contributed by atoms with Crippen molar-refractivity contribution >= 4 is 23.3 Å². The van der Waals surface area contributed by atoms with Gasteiger partial charge >= 0.3 is 6.18 Å². The van der Waals surface area contributed by atoms with E-state index in [1.807, 2.05) is 4.72 Å². The van der Waals surface area contributed by atoms with Crippen LogP contribution in [0.15, 0.2) is 47.6 Å². The molecule has 0 unspecified atom stereocenters. The van der Waals surface area contributed by atoms with Gasteiger partial charge in [0.15, 0.2) is 5.82 Å². The number of carbonyl (C=O) groups is 1. The summed E-state index contributed by atoms with van der Waals surface area (Å²) >= 11 is 0. The molecule has 1 saturated carbocycles. The van der Waals surface area contributed by atoms with E-state index in [4.69, 9.17) is 4.74 Å². The van der Waals surface area contributed by atoms with Crippen molar-refractivity contribution in [2.45, 2.75) is 32.4 Å². The molecule has 1 fully saturated rings. The maximum atomic E-state index is 13.0. The highest BCUT2D eigenvalue weighted by atomic mass is 32.2. The number of ether oxygens (including phenoxy) is 1. The number of pyridine rings is 1. The molecule has 0 saturated heterocycles. The molecule has 2 aromatic rings. The van der Waals surface area contributed by atoms with Crippen LogP contribution < -0.4 is 14.7 Å². The summed E-state index contributed by atoms with van der Waals surface area (Å²) in [5, 5.41) is 6.53. The van der Waals surface area contributed by atoms with Gasteiger partial charge in [-0.1, -0.05) is 12.1 Å². The maximum absolute atomic E-state index is 13.0. The Morgan fingerprint density at radius 1 is 1.32 bits per heavy atom. The monoisotopic (exact) mass is 494 g/mol. The van der Waals surface area contributed by atoms with Crippen LogP contribution in [0.4, 0.5) is 13.2 Å². The van der Waals surface area contributed by atoms with Crippen LogP contribution in [0.1, 0.15) is 35.3 Å². The van der Waals surface area contributed by atoms with Gasteiger partial charge in [-0.15, -0.1) is 5.10 Å². The molecule has 0 aromatic carbocycles. The molecule has 34 heavy (non-hydrogen) atoms. The third-order valence-electron chi connectivity index (χ3n) is 5.60. The van der Waals surface area contributed by atoms with Gasteiger partial charge in [0, 0.05) is 12.3 Å². The zero-order chi connectivity index (χ0) is 24.6. The summed E-state index contributed by atoms with van der Waals surface area (Å²) in [5.41, 5.74) is -1.34. The van der Waals surface area contributed by atoms with Crippen molar-refractivity contribution in [3.8, 4) is 11.7 Å². The molecule has 1 aliphatic heterocycles. The number of nitrogens with zero attached hydrogens (tertiary/aromatic N) is 3. The fourth-order valence-corrected chi connectivity index (χ4v) is 4.33. The molecule has 1 radical (unpaired) electrons. The summed E-state index contributed by atoms with van der Waals surface area (Å²) in [6.45, 7) is 1.42. The predicted molar refractivity (Wildman–Crippen MR) is 116 cm³/mol. The lowest BCUT2D eigenvalue weighted by Crippen LogP contribution is -2.37. The second kappa shape index (κ2) is 8.82. The highest BCUT2D eigenvalue weighted by molar-refractivity contribution is 7.93. The molecule has 2 aromatic heterocycles. The number of sulfonamides is 1. The molecule has 3 heterocycles. The fourth-order valence-electron chi connectivity index (χ4n) is 3.38. The Morgan fingerprint density at radius 2 is 2.09 bits per heavy atom. The van der Waals surface area contributed by atoms with Gasteiger partial charge in [-0.25, -0.2) is 14.4 Å². The smallest absolute Gasteiger partial charge is 0.394 e. The van der Waals surface area contributed by atoms with E-state index in [2.05, 4.69) is 15.3 Å². The van der Waals surface area contributed by atoms with Crippen LogP contribution in [0.5, 0.6) is 5.88 Å². The lowest BCUT2D eigenvalue weighted by Gasteiger charge is -2.18. The second-order valence-electron chi connectivity index (χ2n) is 7.94. The number of rotatable bonds is 8. The van der Waals surface area contributed by atoms with E-state index >= 15 is 0 Å². The van der Waals surface area contributed by atoms with E-state index < -0.39 is 27.5 Å². The lowest BCUT2D eigenvalue weighted by molar-refractivity contribution is -0.190. The van der Waals surface area contributed by atoms with Crippen LogP contribution in [0.25, 0.3) is 5.82 Å². The van der Waals surface area contributed by atoms with Crippen LogP contribution in [-0.2, 0) is 10.0 Å². The summed E-state index contributed by atoms with van der Waals surface area (Å²) < 4.78 is 72.4. The number of hydrogen-bond donors (Lipinski definition) is 2. The average molecular weight is 494 g/mol. The molecule has 0 spiro atoms. The largest absolute Gasteiger partial charge is 0.477 e. The number of carbonyl (C=O) groups excluding carboxylic acids is 1. The lowest BCUT2D eigenvalue weighted by atomic mass is 9.93. The van der Waals surface area contributed by atoms with Crippen molar-refractivity contribution in [1.82, 2.24) is 24.7 Å². The first-order valence-corrected chi connectivity index (χ1v) is 11.8. The number of hydrogen-bond acceptors (Lipinski definition) is 7. The Bertz CT molecular complexity index is 1270. The van der Waals surface area contributed by atoms with E-state index in [0.717, 1.165) is 0 Å². The van der Waals surface area contributed by atoms with Crippen LogP contribution >= 0.6 is 0 Å². The number of aryl methyl sites for hydroxylation is 1. The Hall–Kier alpha value is -3.29. The van der Waals surface area contributed by atoms with Gasteiger partial charge in [0.25, 0.3) is 23.3 Å². The number of amides is 1. The summed E-state index contributed by atoms with van der Waals surface area (Å²) in [6, 6.07) is 4.36. The summed E-state index contributed by atoms with van der Waals surface area (Å²) in [6.07, 6.45) is 0.209. The van der Waals surface area contributed by atoms with E-state index in [0.29, 0.717) is 5.82 Å². The van der Waals surface area contributed by atoms with E-state index in [-0.39, 0.29) is 48.0 Å². The summed E-state index contributed by atoms with van der Waals surface area (Å²) in [5.74, 6) is 1.21. The normalized spacial score (nSPS) is 16.8. The first kappa shape index (κ1) is 23.9. The van der Waals surface area contributed by atoms with Gasteiger partial charge in [0.05, 0.1) is 23.3 Å². The van der Waals surface area contributed by atoms with Gasteiger partial charge < -0.3 is 9.96 Å². The predicted octanol–water partition coefficient (Wildman–Crippen LogP) is 2.32. The Morgan fingerprint density at radius 3 is 2.71 bits per heavy atom. The molecule has 0 bridgehead atoms. The number of halogens is 3. The first-order chi connectivity index (χ1) is 16.0. The van der Waals surface area contributed by atoms with Gasteiger partial charge in [-0.2, -0.15) is 21.6 Å². The maximum Gasteiger partial charge on any atom is 0.394 e. The molecule has 4 rings (SSSR count). The van der Waals surface area contributed by atoms with E-state index in [1.165, 1.54) is 55.6 Å². The highest BCUT2D eigenvalue weighted by Crippen LogP contribution is 2.59. The van der Waals surface area contributed by atoms with Gasteiger partial charge in [0.2, 0.25) is 5.88 Å². The van der Waals surface area contributed by atoms with Crippen molar-refractivity contribution in [2.24, 2.45) is 5.41 Å². The van der Waals surface area contributed by atoms with Crippen molar-refractivity contribution in [3.05, 3.63) is 58.8 Å². The third kappa shape index (κ3) is 4.96. The number of aromatic nitrogens is 3. The molecule has 9 nitrogen and oxygen atoms in total. The second-order valence-corrected chi connectivity index (χ2v) is 9.59. The third-order valence-corrected chi connectivity index (χ3v) is 6.88. The molecule has 2 N–H and O–H groups in total. The zero-order valence-electron chi connectivity index (χ0n) is 18.0. The minimum Gasteiger partial charge on any atom is -0.477 e. The van der Waals surface area contributed by atoms with E-state index in [9.17, 15) is 26.4 Å². The van der Waals surface area contributed by atoms with Crippen molar-refractivity contribution in [2.75, 3.05) is 6.61 Å². The minimum absolute atomic E-state index is 0.0498. The van der Waals surface area contributed by atoms with Crippen LogP contribution in [0.3, 0.4) is 0 Å².